The van der Waals surface area contributed by atoms with E-state index in [1.54, 1.807) is 30.3 Å². The molecule has 0 unspecified atom stereocenters. The van der Waals surface area contributed by atoms with Gasteiger partial charge in [0.2, 0.25) is 0 Å². The van der Waals surface area contributed by atoms with E-state index in [2.05, 4.69) is 16.8 Å². The molecule has 0 saturated carbocycles. The molecule has 0 radical (unpaired) electrons. The topological polar surface area (TPSA) is 57.8 Å². The van der Waals surface area contributed by atoms with Crippen molar-refractivity contribution in [3.8, 4) is 6.07 Å². The number of carbonyl (C=O) groups excluding carboxylic acids is 1. The average molecular weight is 328 g/mol. The van der Waals surface area contributed by atoms with Gasteiger partial charge in [0, 0.05) is 28.6 Å². The first kappa shape index (κ1) is 16.9. The minimum atomic E-state index is -0.434. The Morgan fingerprint density at radius 1 is 1.35 bits per heavy atom. The summed E-state index contributed by atoms with van der Waals surface area (Å²) in [6.45, 7) is 6.90. The number of rotatable bonds is 4. The number of amides is 1. The van der Waals surface area contributed by atoms with Crippen molar-refractivity contribution >= 4 is 29.3 Å². The minimum absolute atomic E-state index is 0.0660. The Bertz CT molecular complexity index is 795. The van der Waals surface area contributed by atoms with E-state index in [-0.39, 0.29) is 5.57 Å². The van der Waals surface area contributed by atoms with Crippen molar-refractivity contribution in [3.05, 3.63) is 57.9 Å². The van der Waals surface area contributed by atoms with Gasteiger partial charge < -0.3 is 9.88 Å². The van der Waals surface area contributed by atoms with E-state index in [1.165, 1.54) is 0 Å². The fourth-order valence-corrected chi connectivity index (χ4v) is 2.62. The van der Waals surface area contributed by atoms with Crippen molar-refractivity contribution in [2.45, 2.75) is 27.3 Å². The second kappa shape index (κ2) is 7.17. The van der Waals surface area contributed by atoms with Gasteiger partial charge in [-0.25, -0.2) is 0 Å². The number of hydrogen-bond donors (Lipinski definition) is 1. The summed E-state index contributed by atoms with van der Waals surface area (Å²) < 4.78 is 2.14. The summed E-state index contributed by atoms with van der Waals surface area (Å²) in [7, 11) is 0. The molecule has 0 saturated heterocycles. The molecule has 23 heavy (non-hydrogen) atoms. The summed E-state index contributed by atoms with van der Waals surface area (Å²) in [6.07, 6.45) is 1.62. The van der Waals surface area contributed by atoms with E-state index in [0.29, 0.717) is 10.7 Å². The molecule has 1 N–H and O–H groups in total. The molecule has 1 amide bonds. The monoisotopic (exact) mass is 327 g/mol. The largest absolute Gasteiger partial charge is 0.349 e. The summed E-state index contributed by atoms with van der Waals surface area (Å²) in [5.74, 6) is -0.434. The first-order valence-electron chi connectivity index (χ1n) is 7.31. The van der Waals surface area contributed by atoms with Crippen LogP contribution in [0.15, 0.2) is 35.9 Å². The third kappa shape index (κ3) is 3.82. The highest BCUT2D eigenvalue weighted by Crippen LogP contribution is 2.19. The summed E-state index contributed by atoms with van der Waals surface area (Å²) in [5, 5.41) is 12.6. The molecular weight excluding hydrogens is 310 g/mol. The zero-order valence-corrected chi connectivity index (χ0v) is 14.1. The highest BCUT2D eigenvalue weighted by molar-refractivity contribution is 6.30. The molecule has 1 aromatic heterocycles. The fourth-order valence-electron chi connectivity index (χ4n) is 2.50. The number of nitrogens with zero attached hydrogens (tertiary/aromatic N) is 2. The first-order valence-corrected chi connectivity index (χ1v) is 7.69. The summed E-state index contributed by atoms with van der Waals surface area (Å²) in [4.78, 5) is 12.3. The van der Waals surface area contributed by atoms with Crippen LogP contribution in [0.3, 0.4) is 0 Å². The van der Waals surface area contributed by atoms with Crippen molar-refractivity contribution in [1.29, 1.82) is 5.26 Å². The Hall–Kier alpha value is -2.51. The number of carbonyl (C=O) groups is 1. The van der Waals surface area contributed by atoms with E-state index in [4.69, 9.17) is 11.6 Å². The van der Waals surface area contributed by atoms with Crippen molar-refractivity contribution < 1.29 is 4.79 Å². The Morgan fingerprint density at radius 3 is 2.52 bits per heavy atom. The van der Waals surface area contributed by atoms with E-state index in [1.807, 2.05) is 26.0 Å². The normalized spacial score (nSPS) is 11.2. The van der Waals surface area contributed by atoms with Crippen LogP contribution in [0.5, 0.6) is 0 Å². The molecule has 0 bridgehead atoms. The quantitative estimate of drug-likeness (QED) is 0.671. The number of halogens is 1. The highest BCUT2D eigenvalue weighted by Gasteiger charge is 2.12. The molecule has 118 valence electrons. The molecule has 0 fully saturated rings. The number of nitriles is 1. The van der Waals surface area contributed by atoms with Crippen LogP contribution in [0.25, 0.3) is 6.08 Å². The molecule has 1 aromatic carbocycles. The molecule has 2 rings (SSSR count). The molecule has 1 heterocycles. The van der Waals surface area contributed by atoms with Gasteiger partial charge in [-0.1, -0.05) is 11.6 Å². The predicted molar refractivity (Wildman–Crippen MR) is 93.3 cm³/mol. The number of aromatic nitrogens is 1. The number of hydrogen-bond acceptors (Lipinski definition) is 2. The minimum Gasteiger partial charge on any atom is -0.349 e. The molecule has 0 aliphatic rings. The second-order valence-electron chi connectivity index (χ2n) is 5.20. The Kier molecular flexibility index (Phi) is 5.25. The van der Waals surface area contributed by atoms with E-state index < -0.39 is 5.91 Å². The maximum atomic E-state index is 12.3. The van der Waals surface area contributed by atoms with Gasteiger partial charge in [0.25, 0.3) is 5.91 Å². The van der Waals surface area contributed by atoms with E-state index >= 15 is 0 Å². The number of nitrogens with one attached hydrogen (secondary N) is 1. The third-order valence-electron chi connectivity index (χ3n) is 3.70. The lowest BCUT2D eigenvalue weighted by molar-refractivity contribution is -0.112. The standard InChI is InChI=1S/C18H18ClN3O/c1-4-22-12(2)9-14(13(22)3)10-15(11-20)18(23)21-17-7-5-16(19)6-8-17/h5-10H,4H2,1-3H3,(H,21,23)/b15-10-. The molecule has 5 heteroatoms. The predicted octanol–water partition coefficient (Wildman–Crippen LogP) is 4.32. The van der Waals surface area contributed by atoms with Crippen LogP contribution in [0.2, 0.25) is 5.02 Å². The van der Waals surface area contributed by atoms with Crippen LogP contribution in [0.1, 0.15) is 23.9 Å². The van der Waals surface area contributed by atoms with Crippen molar-refractivity contribution in [2.24, 2.45) is 0 Å². The molecule has 0 aliphatic carbocycles. The van der Waals surface area contributed by atoms with Gasteiger partial charge in [0.1, 0.15) is 11.6 Å². The molecule has 0 aliphatic heterocycles. The van der Waals surface area contributed by atoms with Gasteiger partial charge >= 0.3 is 0 Å². The molecule has 4 nitrogen and oxygen atoms in total. The Balaban J connectivity index is 2.27. The molecule has 0 atom stereocenters. The summed E-state index contributed by atoms with van der Waals surface area (Å²) >= 11 is 5.81. The van der Waals surface area contributed by atoms with Gasteiger partial charge in [0.05, 0.1) is 0 Å². The van der Waals surface area contributed by atoms with Crippen LogP contribution in [-0.2, 0) is 11.3 Å². The third-order valence-corrected chi connectivity index (χ3v) is 3.95. The summed E-state index contributed by atoms with van der Waals surface area (Å²) in [6, 6.07) is 10.7. The fraction of sp³-hybridized carbons (Fsp3) is 0.222. The summed E-state index contributed by atoms with van der Waals surface area (Å²) in [5.41, 5.74) is 3.69. The maximum absolute atomic E-state index is 12.3. The SMILES string of the molecule is CCn1c(C)cc(/C=C(/C#N)C(=O)Nc2ccc(Cl)cc2)c1C. The van der Waals surface area contributed by atoms with Crippen molar-refractivity contribution in [3.63, 3.8) is 0 Å². The highest BCUT2D eigenvalue weighted by atomic mass is 35.5. The molecular formula is C18H18ClN3O. The van der Waals surface area contributed by atoms with Gasteiger partial charge in [0.15, 0.2) is 0 Å². The maximum Gasteiger partial charge on any atom is 0.266 e. The van der Waals surface area contributed by atoms with Crippen LogP contribution in [0.4, 0.5) is 5.69 Å². The van der Waals surface area contributed by atoms with Crippen LogP contribution in [-0.4, -0.2) is 10.5 Å². The number of aryl methyl sites for hydroxylation is 1. The van der Waals surface area contributed by atoms with Crippen LogP contribution < -0.4 is 5.32 Å². The van der Waals surface area contributed by atoms with E-state index in [0.717, 1.165) is 23.5 Å². The molecule has 2 aromatic rings. The van der Waals surface area contributed by atoms with Crippen molar-refractivity contribution in [1.82, 2.24) is 4.57 Å². The smallest absolute Gasteiger partial charge is 0.266 e. The first-order chi connectivity index (χ1) is 11.0. The zero-order chi connectivity index (χ0) is 17.0. The average Bonchev–Trinajstić information content (AvgIpc) is 2.80. The second-order valence-corrected chi connectivity index (χ2v) is 5.64. The Morgan fingerprint density at radius 2 is 2.00 bits per heavy atom. The van der Waals surface area contributed by atoms with Gasteiger partial charge in [-0.2, -0.15) is 5.26 Å². The zero-order valence-electron chi connectivity index (χ0n) is 13.4. The van der Waals surface area contributed by atoms with Gasteiger partial charge in [-0.05, 0) is 62.7 Å². The number of anilines is 1. The van der Waals surface area contributed by atoms with Gasteiger partial charge in [-0.3, -0.25) is 4.79 Å². The molecule has 0 spiro atoms. The Labute approximate surface area is 141 Å². The van der Waals surface area contributed by atoms with E-state index in [9.17, 15) is 10.1 Å². The van der Waals surface area contributed by atoms with Crippen LogP contribution >= 0.6 is 11.6 Å². The van der Waals surface area contributed by atoms with Gasteiger partial charge in [-0.15, -0.1) is 0 Å². The lowest BCUT2D eigenvalue weighted by Crippen LogP contribution is -2.13. The van der Waals surface area contributed by atoms with Crippen molar-refractivity contribution in [2.75, 3.05) is 5.32 Å². The lowest BCUT2D eigenvalue weighted by Gasteiger charge is -2.05. The number of benzene rings is 1. The lowest BCUT2D eigenvalue weighted by atomic mass is 10.1. The van der Waals surface area contributed by atoms with Crippen LogP contribution in [0, 0.1) is 25.2 Å².